The highest BCUT2D eigenvalue weighted by molar-refractivity contribution is 5.86. The van der Waals surface area contributed by atoms with Crippen LogP contribution in [0.3, 0.4) is 0 Å². The average molecular weight is 282 g/mol. The molecule has 20 heavy (non-hydrogen) atoms. The second-order valence-electron chi connectivity index (χ2n) is 3.62. The van der Waals surface area contributed by atoms with Gasteiger partial charge < -0.3 is 5.11 Å². The normalized spacial score (nSPS) is 11.1. The Bertz CT molecular complexity index is 715. The first-order chi connectivity index (χ1) is 9.34. The van der Waals surface area contributed by atoms with Gasteiger partial charge in [0.1, 0.15) is 6.07 Å². The smallest absolute Gasteiger partial charge is 0.435 e. The fourth-order valence-electron chi connectivity index (χ4n) is 1.49. The van der Waals surface area contributed by atoms with Crippen LogP contribution < -0.4 is 0 Å². The standard InChI is InChI=1S/C11H5F3N4O2/c12-11(13,14)8-4-7(10(19)20)18(17-8)9-6(5-15)2-1-3-16-9/h1-4H,(H,19,20). The van der Waals surface area contributed by atoms with Crippen LogP contribution in [-0.2, 0) is 6.18 Å². The Balaban J connectivity index is 2.71. The summed E-state index contributed by atoms with van der Waals surface area (Å²) in [5.74, 6) is -1.88. The highest BCUT2D eigenvalue weighted by atomic mass is 19.4. The summed E-state index contributed by atoms with van der Waals surface area (Å²) in [7, 11) is 0. The van der Waals surface area contributed by atoms with Crippen LogP contribution in [0.2, 0.25) is 0 Å². The number of aromatic carboxylic acids is 1. The molecule has 6 nitrogen and oxygen atoms in total. The van der Waals surface area contributed by atoms with Crippen molar-refractivity contribution in [1.82, 2.24) is 14.8 Å². The molecule has 2 aromatic rings. The number of carboxylic acid groups (broad SMARTS) is 1. The first kappa shape index (κ1) is 13.5. The molecule has 0 aliphatic heterocycles. The van der Waals surface area contributed by atoms with E-state index in [0.29, 0.717) is 10.7 Å². The molecule has 0 unspecified atom stereocenters. The van der Waals surface area contributed by atoms with Gasteiger partial charge in [-0.1, -0.05) is 0 Å². The number of nitrogens with zero attached hydrogens (tertiary/aromatic N) is 4. The van der Waals surface area contributed by atoms with Crippen molar-refractivity contribution in [1.29, 1.82) is 5.26 Å². The van der Waals surface area contributed by atoms with Crippen molar-refractivity contribution >= 4 is 5.97 Å². The van der Waals surface area contributed by atoms with E-state index >= 15 is 0 Å². The zero-order valence-electron chi connectivity index (χ0n) is 9.59. The van der Waals surface area contributed by atoms with Crippen LogP contribution in [0.1, 0.15) is 21.7 Å². The van der Waals surface area contributed by atoms with Crippen LogP contribution in [0.5, 0.6) is 0 Å². The van der Waals surface area contributed by atoms with Crippen molar-refractivity contribution in [2.75, 3.05) is 0 Å². The maximum absolute atomic E-state index is 12.6. The molecule has 1 N–H and O–H groups in total. The molecule has 0 bridgehead atoms. The number of nitriles is 1. The third-order valence-corrected chi connectivity index (χ3v) is 2.33. The van der Waals surface area contributed by atoms with E-state index in [-0.39, 0.29) is 11.4 Å². The van der Waals surface area contributed by atoms with Gasteiger partial charge in [0.15, 0.2) is 17.2 Å². The van der Waals surface area contributed by atoms with Gasteiger partial charge in [-0.3, -0.25) is 0 Å². The molecule has 0 fully saturated rings. The van der Waals surface area contributed by atoms with E-state index in [1.54, 1.807) is 6.07 Å². The molecule has 0 aromatic carbocycles. The number of alkyl halides is 3. The van der Waals surface area contributed by atoms with Gasteiger partial charge in [-0.05, 0) is 12.1 Å². The van der Waals surface area contributed by atoms with E-state index in [1.807, 2.05) is 0 Å². The lowest BCUT2D eigenvalue weighted by Gasteiger charge is -2.05. The Hall–Kier alpha value is -2.89. The number of hydrogen-bond acceptors (Lipinski definition) is 4. The summed E-state index contributed by atoms with van der Waals surface area (Å²) in [6.45, 7) is 0. The number of hydrogen-bond donors (Lipinski definition) is 1. The fraction of sp³-hybridized carbons (Fsp3) is 0.0909. The van der Waals surface area contributed by atoms with Crippen LogP contribution in [0.25, 0.3) is 5.82 Å². The van der Waals surface area contributed by atoms with E-state index in [2.05, 4.69) is 10.1 Å². The SMILES string of the molecule is N#Cc1cccnc1-n1nc(C(F)(F)F)cc1C(=O)O. The average Bonchev–Trinajstić information content (AvgIpc) is 2.83. The minimum atomic E-state index is -4.79. The van der Waals surface area contributed by atoms with Gasteiger partial charge in [-0.25, -0.2) is 14.5 Å². The molecule has 0 aliphatic rings. The molecule has 2 aromatic heterocycles. The van der Waals surface area contributed by atoms with Crippen LogP contribution >= 0.6 is 0 Å². The molecule has 2 heterocycles. The van der Waals surface area contributed by atoms with E-state index < -0.39 is 23.5 Å². The molecule has 102 valence electrons. The van der Waals surface area contributed by atoms with Gasteiger partial charge in [-0.2, -0.15) is 23.5 Å². The minimum Gasteiger partial charge on any atom is -0.477 e. The number of carboxylic acids is 1. The van der Waals surface area contributed by atoms with Crippen LogP contribution in [0.4, 0.5) is 13.2 Å². The van der Waals surface area contributed by atoms with Crippen molar-refractivity contribution in [3.8, 4) is 11.9 Å². The van der Waals surface area contributed by atoms with Crippen molar-refractivity contribution in [3.05, 3.63) is 41.3 Å². The summed E-state index contributed by atoms with van der Waals surface area (Å²) >= 11 is 0. The maximum atomic E-state index is 12.6. The molecular formula is C11H5F3N4O2. The summed E-state index contributed by atoms with van der Waals surface area (Å²) in [5, 5.41) is 21.0. The van der Waals surface area contributed by atoms with Crippen LogP contribution in [0.15, 0.2) is 24.4 Å². The lowest BCUT2D eigenvalue weighted by molar-refractivity contribution is -0.141. The number of pyridine rings is 1. The van der Waals surface area contributed by atoms with Crippen molar-refractivity contribution in [3.63, 3.8) is 0 Å². The lowest BCUT2D eigenvalue weighted by Crippen LogP contribution is -2.12. The Labute approximate surface area is 109 Å². The van der Waals surface area contributed by atoms with Crippen molar-refractivity contribution in [2.24, 2.45) is 0 Å². The van der Waals surface area contributed by atoms with E-state index in [1.165, 1.54) is 18.3 Å². The van der Waals surface area contributed by atoms with Gasteiger partial charge in [0.2, 0.25) is 0 Å². The zero-order chi connectivity index (χ0) is 14.9. The predicted octanol–water partition coefficient (Wildman–Crippen LogP) is 1.86. The van der Waals surface area contributed by atoms with Crippen LogP contribution in [-0.4, -0.2) is 25.8 Å². The Morgan fingerprint density at radius 1 is 1.45 bits per heavy atom. The highest BCUT2D eigenvalue weighted by Crippen LogP contribution is 2.29. The molecule has 0 atom stereocenters. The molecule has 0 amide bonds. The van der Waals surface area contributed by atoms with Crippen molar-refractivity contribution < 1.29 is 23.1 Å². The monoisotopic (exact) mass is 282 g/mol. The van der Waals surface area contributed by atoms with E-state index in [0.717, 1.165) is 0 Å². The third kappa shape index (κ3) is 2.31. The van der Waals surface area contributed by atoms with Crippen LogP contribution in [0, 0.1) is 11.3 Å². The quantitative estimate of drug-likeness (QED) is 0.907. The Morgan fingerprint density at radius 3 is 2.70 bits per heavy atom. The predicted molar refractivity (Wildman–Crippen MR) is 58.0 cm³/mol. The molecule has 0 aliphatic carbocycles. The lowest BCUT2D eigenvalue weighted by atomic mass is 10.3. The third-order valence-electron chi connectivity index (χ3n) is 2.33. The minimum absolute atomic E-state index is 0.0909. The molecule has 9 heteroatoms. The second kappa shape index (κ2) is 4.65. The number of rotatable bonds is 2. The zero-order valence-corrected chi connectivity index (χ0v) is 9.59. The van der Waals surface area contributed by atoms with Gasteiger partial charge in [0, 0.05) is 12.3 Å². The van der Waals surface area contributed by atoms with E-state index in [9.17, 15) is 18.0 Å². The van der Waals surface area contributed by atoms with Gasteiger partial charge in [0.05, 0.1) is 5.56 Å². The maximum Gasteiger partial charge on any atom is 0.435 e. The Kier molecular flexibility index (Phi) is 3.15. The summed E-state index contributed by atoms with van der Waals surface area (Å²) < 4.78 is 38.3. The summed E-state index contributed by atoms with van der Waals surface area (Å²) in [5.41, 5.74) is -2.19. The number of halogens is 3. The molecule has 0 radical (unpaired) electrons. The number of carbonyl (C=O) groups is 1. The topological polar surface area (TPSA) is 91.8 Å². The highest BCUT2D eigenvalue weighted by Gasteiger charge is 2.36. The van der Waals surface area contributed by atoms with Gasteiger partial charge in [-0.15, -0.1) is 0 Å². The first-order valence-electron chi connectivity index (χ1n) is 5.10. The Morgan fingerprint density at radius 2 is 2.15 bits per heavy atom. The molecule has 0 saturated heterocycles. The molecule has 0 spiro atoms. The van der Waals surface area contributed by atoms with Crippen molar-refractivity contribution in [2.45, 2.75) is 6.18 Å². The molecule has 2 rings (SSSR count). The largest absolute Gasteiger partial charge is 0.477 e. The molecule has 0 saturated carbocycles. The summed E-state index contributed by atoms with van der Waals surface area (Å²) in [4.78, 5) is 14.7. The van der Waals surface area contributed by atoms with Gasteiger partial charge >= 0.3 is 12.1 Å². The second-order valence-corrected chi connectivity index (χ2v) is 3.62. The molecular weight excluding hydrogens is 277 g/mol. The fourth-order valence-corrected chi connectivity index (χ4v) is 1.49. The van der Waals surface area contributed by atoms with E-state index in [4.69, 9.17) is 10.4 Å². The first-order valence-corrected chi connectivity index (χ1v) is 5.10. The summed E-state index contributed by atoms with van der Waals surface area (Å²) in [6.07, 6.45) is -3.58. The summed E-state index contributed by atoms with van der Waals surface area (Å²) in [6, 6.07) is 4.79. The number of aromatic nitrogens is 3. The van der Waals surface area contributed by atoms with Gasteiger partial charge in [0.25, 0.3) is 0 Å².